The largest absolute Gasteiger partial charge is 0.443 e. The maximum absolute atomic E-state index is 13.4. The molecule has 5 aromatic rings. The van der Waals surface area contributed by atoms with E-state index in [1.165, 1.54) is 24.6 Å². The van der Waals surface area contributed by atoms with Crippen LogP contribution in [0, 0.1) is 5.82 Å². The number of nitrogens with one attached hydrogen (secondary N) is 1. The van der Waals surface area contributed by atoms with Crippen molar-refractivity contribution in [1.29, 1.82) is 0 Å². The van der Waals surface area contributed by atoms with Gasteiger partial charge in [-0.3, -0.25) is 9.78 Å². The zero-order valence-corrected chi connectivity index (χ0v) is 17.2. The van der Waals surface area contributed by atoms with Crippen LogP contribution in [0.25, 0.3) is 33.7 Å². The number of anilines is 1. The number of amides is 1. The highest BCUT2D eigenvalue weighted by atomic mass is 19.1. The Bertz CT molecular complexity index is 1470. The van der Waals surface area contributed by atoms with Gasteiger partial charge in [-0.2, -0.15) is 0 Å². The van der Waals surface area contributed by atoms with Gasteiger partial charge in [0.15, 0.2) is 17.2 Å². The zero-order chi connectivity index (χ0) is 22.8. The predicted octanol–water partition coefficient (Wildman–Crippen LogP) is 4.00. The normalized spacial score (nSPS) is 10.9. The van der Waals surface area contributed by atoms with Gasteiger partial charge in [-0.1, -0.05) is 24.3 Å². The maximum atomic E-state index is 13.4. The summed E-state index contributed by atoms with van der Waals surface area (Å²) in [6, 6.07) is 15.3. The molecule has 0 spiro atoms. The van der Waals surface area contributed by atoms with Gasteiger partial charge in [0.25, 0.3) is 5.91 Å². The fourth-order valence-corrected chi connectivity index (χ4v) is 3.44. The fraction of sp³-hybridized carbons (Fsp3) is 0.0417. The van der Waals surface area contributed by atoms with Crippen molar-refractivity contribution in [2.45, 2.75) is 6.54 Å². The Morgan fingerprint density at radius 1 is 1.00 bits per heavy atom. The Kier molecular flexibility index (Phi) is 5.19. The predicted molar refractivity (Wildman–Crippen MR) is 120 cm³/mol. The van der Waals surface area contributed by atoms with Crippen molar-refractivity contribution in [3.63, 3.8) is 0 Å². The van der Waals surface area contributed by atoms with E-state index in [-0.39, 0.29) is 29.8 Å². The van der Waals surface area contributed by atoms with Crippen LogP contribution in [0.1, 0.15) is 16.1 Å². The average molecular weight is 440 g/mol. The van der Waals surface area contributed by atoms with Crippen molar-refractivity contribution in [2.75, 3.05) is 5.73 Å². The van der Waals surface area contributed by atoms with Crippen molar-refractivity contribution in [3.05, 3.63) is 90.3 Å². The van der Waals surface area contributed by atoms with Gasteiger partial charge in [0.2, 0.25) is 5.89 Å². The van der Waals surface area contributed by atoms with Gasteiger partial charge in [0.05, 0.1) is 11.7 Å². The number of hydrogen-bond donors (Lipinski definition) is 2. The van der Waals surface area contributed by atoms with Crippen LogP contribution in [0.4, 0.5) is 10.2 Å². The van der Waals surface area contributed by atoms with Gasteiger partial charge >= 0.3 is 0 Å². The highest BCUT2D eigenvalue weighted by Crippen LogP contribution is 2.31. The average Bonchev–Trinajstić information content (AvgIpc) is 3.37. The van der Waals surface area contributed by atoms with E-state index in [0.717, 1.165) is 10.9 Å². The summed E-state index contributed by atoms with van der Waals surface area (Å²) in [5.74, 6) is -0.773. The summed E-state index contributed by atoms with van der Waals surface area (Å²) in [4.78, 5) is 30.3. The number of carbonyl (C=O) groups excluding carboxylic acids is 1. The molecule has 0 radical (unpaired) electrons. The van der Waals surface area contributed by atoms with Gasteiger partial charge < -0.3 is 15.5 Å². The van der Waals surface area contributed by atoms with Crippen molar-refractivity contribution in [3.8, 4) is 22.8 Å². The van der Waals surface area contributed by atoms with Crippen LogP contribution in [-0.2, 0) is 6.54 Å². The quantitative estimate of drug-likeness (QED) is 0.424. The number of carbonyl (C=O) groups is 1. The summed E-state index contributed by atoms with van der Waals surface area (Å²) in [6.45, 7) is 0.107. The van der Waals surface area contributed by atoms with Crippen LogP contribution in [0.5, 0.6) is 0 Å². The number of aromatic nitrogens is 4. The molecule has 162 valence electrons. The SMILES string of the molecule is Nc1nc(-c2ncco2)c(-c2ccc3ncccc3c2)nc1C(=O)NCc1cccc(F)c1. The number of pyridine rings is 1. The van der Waals surface area contributed by atoms with E-state index in [1.807, 2.05) is 30.3 Å². The summed E-state index contributed by atoms with van der Waals surface area (Å²) in [7, 11) is 0. The Morgan fingerprint density at radius 2 is 1.91 bits per heavy atom. The van der Waals surface area contributed by atoms with E-state index in [2.05, 4.69) is 25.3 Å². The number of oxazole rings is 1. The minimum absolute atomic E-state index is 0.0528. The third-order valence-corrected chi connectivity index (χ3v) is 4.99. The molecule has 0 saturated carbocycles. The van der Waals surface area contributed by atoms with Crippen LogP contribution in [0.15, 0.2) is 77.7 Å². The van der Waals surface area contributed by atoms with Crippen LogP contribution in [0.3, 0.4) is 0 Å². The van der Waals surface area contributed by atoms with Crippen molar-refractivity contribution < 1.29 is 13.6 Å². The van der Waals surface area contributed by atoms with E-state index in [0.29, 0.717) is 22.5 Å². The standard InChI is InChI=1S/C24H17FN6O2/c25-17-5-1-3-14(11-17)13-29-23(32)21-22(26)31-20(24-28-9-10-33-24)19(30-21)16-6-7-18-15(12-16)4-2-8-27-18/h1-12H,13H2,(H2,26,31)(H,29,32). The number of nitrogens with zero attached hydrogens (tertiary/aromatic N) is 4. The lowest BCUT2D eigenvalue weighted by atomic mass is 10.1. The molecule has 8 nitrogen and oxygen atoms in total. The third-order valence-electron chi connectivity index (χ3n) is 4.99. The Balaban J connectivity index is 1.56. The molecule has 1 amide bonds. The summed E-state index contributed by atoms with van der Waals surface area (Å²) in [5.41, 5.74) is 8.83. The van der Waals surface area contributed by atoms with Gasteiger partial charge in [-0.15, -0.1) is 0 Å². The molecule has 2 aromatic carbocycles. The molecule has 0 bridgehead atoms. The molecule has 3 aromatic heterocycles. The molecular weight excluding hydrogens is 423 g/mol. The number of fused-ring (bicyclic) bond motifs is 1. The van der Waals surface area contributed by atoms with Crippen LogP contribution < -0.4 is 11.1 Å². The van der Waals surface area contributed by atoms with Crippen LogP contribution >= 0.6 is 0 Å². The van der Waals surface area contributed by atoms with E-state index in [9.17, 15) is 9.18 Å². The number of rotatable bonds is 5. The molecular formula is C24H17FN6O2. The number of hydrogen-bond acceptors (Lipinski definition) is 7. The molecule has 33 heavy (non-hydrogen) atoms. The Morgan fingerprint density at radius 3 is 2.73 bits per heavy atom. The van der Waals surface area contributed by atoms with E-state index in [1.54, 1.807) is 18.3 Å². The molecule has 0 fully saturated rings. The van der Waals surface area contributed by atoms with E-state index in [4.69, 9.17) is 10.2 Å². The second-order valence-corrected chi connectivity index (χ2v) is 7.22. The topological polar surface area (TPSA) is 120 Å². The number of nitrogens with two attached hydrogens (primary N) is 1. The monoisotopic (exact) mass is 440 g/mol. The molecule has 0 unspecified atom stereocenters. The van der Waals surface area contributed by atoms with Crippen molar-refractivity contribution >= 4 is 22.6 Å². The first-order valence-electron chi connectivity index (χ1n) is 10.0. The lowest BCUT2D eigenvalue weighted by Gasteiger charge is -2.12. The fourth-order valence-electron chi connectivity index (χ4n) is 3.44. The molecule has 3 N–H and O–H groups in total. The van der Waals surface area contributed by atoms with Crippen LogP contribution in [0.2, 0.25) is 0 Å². The molecule has 9 heteroatoms. The molecule has 0 saturated heterocycles. The molecule has 3 heterocycles. The van der Waals surface area contributed by atoms with Gasteiger partial charge in [0, 0.05) is 23.7 Å². The first-order valence-corrected chi connectivity index (χ1v) is 10.0. The third kappa shape index (κ3) is 4.11. The van der Waals surface area contributed by atoms with E-state index >= 15 is 0 Å². The summed E-state index contributed by atoms with van der Waals surface area (Å²) >= 11 is 0. The molecule has 0 atom stereocenters. The minimum atomic E-state index is -0.535. The lowest BCUT2D eigenvalue weighted by Crippen LogP contribution is -2.26. The smallest absolute Gasteiger partial charge is 0.274 e. The van der Waals surface area contributed by atoms with Crippen molar-refractivity contribution in [2.24, 2.45) is 0 Å². The Hall–Kier alpha value is -4.66. The molecule has 0 aliphatic carbocycles. The minimum Gasteiger partial charge on any atom is -0.443 e. The van der Waals surface area contributed by atoms with Crippen LogP contribution in [-0.4, -0.2) is 25.8 Å². The number of benzene rings is 2. The first kappa shape index (κ1) is 20.3. The van der Waals surface area contributed by atoms with Gasteiger partial charge in [-0.05, 0) is 35.9 Å². The molecule has 0 aliphatic heterocycles. The summed E-state index contributed by atoms with van der Waals surface area (Å²) in [6.07, 6.45) is 4.62. The highest BCUT2D eigenvalue weighted by molar-refractivity contribution is 5.98. The second-order valence-electron chi connectivity index (χ2n) is 7.22. The first-order chi connectivity index (χ1) is 16.1. The molecule has 5 rings (SSSR count). The highest BCUT2D eigenvalue weighted by Gasteiger charge is 2.22. The van der Waals surface area contributed by atoms with Crippen molar-refractivity contribution in [1.82, 2.24) is 25.3 Å². The Labute approximate surface area is 187 Å². The number of nitrogen functional groups attached to an aromatic ring is 1. The zero-order valence-electron chi connectivity index (χ0n) is 17.2. The second kappa shape index (κ2) is 8.46. The van der Waals surface area contributed by atoms with E-state index < -0.39 is 5.91 Å². The van der Waals surface area contributed by atoms with Gasteiger partial charge in [-0.25, -0.2) is 19.3 Å². The van der Waals surface area contributed by atoms with Gasteiger partial charge in [0.1, 0.15) is 17.8 Å². The number of halogens is 1. The maximum Gasteiger partial charge on any atom is 0.274 e. The lowest BCUT2D eigenvalue weighted by molar-refractivity contribution is 0.0946. The summed E-state index contributed by atoms with van der Waals surface area (Å²) in [5, 5.41) is 3.60. The summed E-state index contributed by atoms with van der Waals surface area (Å²) < 4.78 is 18.9. The molecule has 0 aliphatic rings.